The van der Waals surface area contributed by atoms with Crippen LogP contribution in [0.1, 0.15) is 28.7 Å². The average Bonchev–Trinajstić information content (AvgIpc) is 2.92. The summed E-state index contributed by atoms with van der Waals surface area (Å²) in [6.07, 6.45) is 2.06. The van der Waals surface area contributed by atoms with E-state index in [4.69, 9.17) is 0 Å². The molecule has 0 atom stereocenters. The van der Waals surface area contributed by atoms with Gasteiger partial charge >= 0.3 is 0 Å². The number of hydrogen-bond donors (Lipinski definition) is 3. The van der Waals surface area contributed by atoms with Crippen molar-refractivity contribution < 1.29 is 0 Å². The first-order valence-electron chi connectivity index (χ1n) is 8.93. The fourth-order valence-electron chi connectivity index (χ4n) is 2.93. The summed E-state index contributed by atoms with van der Waals surface area (Å²) in [5, 5.41) is 7.55. The number of pyridine rings is 1. The van der Waals surface area contributed by atoms with Crippen LogP contribution in [0.2, 0.25) is 0 Å². The van der Waals surface area contributed by atoms with Gasteiger partial charge in [-0.25, -0.2) is 0 Å². The Bertz CT molecular complexity index is 948. The molecule has 4 nitrogen and oxygen atoms in total. The Morgan fingerprint density at radius 2 is 2.00 bits per heavy atom. The largest absolute Gasteiger partial charge is 0.371 e. The molecule has 138 valence electrons. The summed E-state index contributed by atoms with van der Waals surface area (Å²) in [5.41, 5.74) is 2.27. The van der Waals surface area contributed by atoms with E-state index in [9.17, 15) is 4.79 Å². The number of halogens is 1. The predicted molar refractivity (Wildman–Crippen MR) is 116 cm³/mol. The molecule has 0 unspecified atom stereocenters. The molecule has 0 bridgehead atoms. The fourth-order valence-corrected chi connectivity index (χ4v) is 4.94. The smallest absolute Gasteiger partial charge is 0.191 e. The molecule has 2 heterocycles. The third-order valence-corrected chi connectivity index (χ3v) is 7.20. The summed E-state index contributed by atoms with van der Waals surface area (Å²) in [4.78, 5) is 18.2. The number of benzene rings is 1. The van der Waals surface area contributed by atoms with Crippen molar-refractivity contribution in [2.24, 2.45) is 0 Å². The highest BCUT2D eigenvalue weighted by Crippen LogP contribution is 2.32. The number of nitrogens with one attached hydrogen (secondary N) is 3. The Morgan fingerprint density at radius 3 is 2.77 bits per heavy atom. The minimum absolute atomic E-state index is 0.0467. The summed E-state index contributed by atoms with van der Waals surface area (Å²) in [7, 11) is 0. The van der Waals surface area contributed by atoms with Crippen molar-refractivity contribution in [2.45, 2.75) is 33.2 Å². The van der Waals surface area contributed by atoms with Crippen molar-refractivity contribution in [2.75, 3.05) is 18.4 Å². The van der Waals surface area contributed by atoms with Gasteiger partial charge in [0.25, 0.3) is 0 Å². The Balaban J connectivity index is 1.46. The van der Waals surface area contributed by atoms with E-state index in [1.54, 1.807) is 6.07 Å². The van der Waals surface area contributed by atoms with Crippen molar-refractivity contribution in [1.82, 2.24) is 10.3 Å². The molecule has 0 fully saturated rings. The third kappa shape index (κ3) is 4.37. The van der Waals surface area contributed by atoms with Gasteiger partial charge in [-0.2, -0.15) is 0 Å². The molecule has 0 aliphatic rings. The SMILES string of the molecule is CCc1sc(CNCCCNc2cc(=O)c3ccccc3[nH]2)c(C)c1Br. The van der Waals surface area contributed by atoms with Gasteiger partial charge in [-0.1, -0.05) is 19.1 Å². The van der Waals surface area contributed by atoms with Crippen molar-refractivity contribution in [3.05, 3.63) is 60.3 Å². The molecule has 2 aromatic heterocycles. The highest BCUT2D eigenvalue weighted by Gasteiger charge is 2.10. The second kappa shape index (κ2) is 8.84. The Hall–Kier alpha value is -1.63. The van der Waals surface area contributed by atoms with Crippen molar-refractivity contribution in [3.63, 3.8) is 0 Å². The Kier molecular flexibility index (Phi) is 6.51. The summed E-state index contributed by atoms with van der Waals surface area (Å²) < 4.78 is 1.27. The molecule has 0 amide bonds. The second-order valence-corrected chi connectivity index (χ2v) is 8.27. The molecule has 0 spiro atoms. The maximum atomic E-state index is 12.1. The summed E-state index contributed by atoms with van der Waals surface area (Å²) >= 11 is 5.57. The van der Waals surface area contributed by atoms with Crippen LogP contribution in [0.25, 0.3) is 10.9 Å². The standard InChI is InChI=1S/C20H24BrN3OS/c1-3-17-20(21)13(2)18(26-17)12-22-9-6-10-23-19-11-16(25)14-7-4-5-8-15(14)24-19/h4-5,7-8,11,22H,3,6,9-10,12H2,1-2H3,(H2,23,24,25). The lowest BCUT2D eigenvalue weighted by Crippen LogP contribution is -2.18. The zero-order chi connectivity index (χ0) is 18.5. The van der Waals surface area contributed by atoms with Crippen LogP contribution < -0.4 is 16.1 Å². The van der Waals surface area contributed by atoms with Crippen LogP contribution in [0.4, 0.5) is 5.82 Å². The molecule has 3 N–H and O–H groups in total. The molecule has 3 rings (SSSR count). The third-order valence-electron chi connectivity index (χ3n) is 4.43. The molecule has 0 radical (unpaired) electrons. The number of anilines is 1. The van der Waals surface area contributed by atoms with Crippen LogP contribution >= 0.6 is 27.3 Å². The second-order valence-electron chi connectivity index (χ2n) is 6.29. The Labute approximate surface area is 166 Å². The number of hydrogen-bond acceptors (Lipinski definition) is 4. The monoisotopic (exact) mass is 433 g/mol. The van der Waals surface area contributed by atoms with Gasteiger partial charge in [0, 0.05) is 38.8 Å². The molecular formula is C20H24BrN3OS. The van der Waals surface area contributed by atoms with Crippen LogP contribution in [0.5, 0.6) is 0 Å². The van der Waals surface area contributed by atoms with Crippen molar-refractivity contribution in [1.29, 1.82) is 0 Å². The molecule has 6 heteroatoms. The molecule has 0 saturated heterocycles. The van der Waals surface area contributed by atoms with Gasteiger partial charge in [0.2, 0.25) is 0 Å². The van der Waals surface area contributed by atoms with E-state index in [1.807, 2.05) is 35.6 Å². The number of aromatic amines is 1. The highest BCUT2D eigenvalue weighted by atomic mass is 79.9. The van der Waals surface area contributed by atoms with E-state index in [0.717, 1.165) is 49.2 Å². The summed E-state index contributed by atoms with van der Waals surface area (Å²) in [5.74, 6) is 0.777. The van der Waals surface area contributed by atoms with E-state index in [0.29, 0.717) is 0 Å². The normalized spacial score (nSPS) is 11.2. The maximum Gasteiger partial charge on any atom is 0.191 e. The quantitative estimate of drug-likeness (QED) is 0.446. The minimum Gasteiger partial charge on any atom is -0.371 e. The fraction of sp³-hybridized carbons (Fsp3) is 0.350. The van der Waals surface area contributed by atoms with E-state index in [1.165, 1.54) is 19.8 Å². The van der Waals surface area contributed by atoms with Crippen LogP contribution in [-0.4, -0.2) is 18.1 Å². The first-order chi connectivity index (χ1) is 12.6. The van der Waals surface area contributed by atoms with Gasteiger partial charge in [-0.05, 0) is 59.9 Å². The van der Waals surface area contributed by atoms with E-state index in [2.05, 4.69) is 45.4 Å². The lowest BCUT2D eigenvalue weighted by Gasteiger charge is -2.08. The van der Waals surface area contributed by atoms with Gasteiger partial charge in [0.05, 0.1) is 5.52 Å². The van der Waals surface area contributed by atoms with Crippen LogP contribution in [-0.2, 0) is 13.0 Å². The zero-order valence-electron chi connectivity index (χ0n) is 15.1. The van der Waals surface area contributed by atoms with Crippen molar-refractivity contribution in [3.8, 4) is 0 Å². The van der Waals surface area contributed by atoms with Crippen molar-refractivity contribution >= 4 is 44.0 Å². The number of thiophene rings is 1. The number of aromatic nitrogens is 1. The summed E-state index contributed by atoms with van der Waals surface area (Å²) in [6.45, 7) is 7.02. The molecule has 0 saturated carbocycles. The number of aryl methyl sites for hydroxylation is 1. The van der Waals surface area contributed by atoms with Gasteiger partial charge in [0.15, 0.2) is 5.43 Å². The van der Waals surface area contributed by atoms with Gasteiger partial charge in [-0.3, -0.25) is 4.79 Å². The molecule has 26 heavy (non-hydrogen) atoms. The zero-order valence-corrected chi connectivity index (χ0v) is 17.5. The molecule has 0 aliphatic heterocycles. The predicted octanol–water partition coefficient (Wildman–Crippen LogP) is 4.81. The highest BCUT2D eigenvalue weighted by molar-refractivity contribution is 9.10. The molecule has 1 aromatic carbocycles. The lowest BCUT2D eigenvalue weighted by molar-refractivity contribution is 0.666. The minimum atomic E-state index is 0.0467. The van der Waals surface area contributed by atoms with E-state index >= 15 is 0 Å². The molecule has 0 aliphatic carbocycles. The van der Waals surface area contributed by atoms with E-state index in [-0.39, 0.29) is 5.43 Å². The number of fused-ring (bicyclic) bond motifs is 1. The first-order valence-corrected chi connectivity index (χ1v) is 10.5. The van der Waals surface area contributed by atoms with Crippen LogP contribution in [0.15, 0.2) is 39.6 Å². The number of rotatable bonds is 8. The summed E-state index contributed by atoms with van der Waals surface area (Å²) in [6, 6.07) is 9.22. The van der Waals surface area contributed by atoms with Gasteiger partial charge < -0.3 is 15.6 Å². The van der Waals surface area contributed by atoms with Gasteiger partial charge in [-0.15, -0.1) is 11.3 Å². The Morgan fingerprint density at radius 1 is 1.19 bits per heavy atom. The number of H-pyrrole nitrogens is 1. The molecule has 3 aromatic rings. The van der Waals surface area contributed by atoms with E-state index < -0.39 is 0 Å². The maximum absolute atomic E-state index is 12.1. The van der Waals surface area contributed by atoms with Crippen LogP contribution in [0, 0.1) is 6.92 Å². The van der Waals surface area contributed by atoms with Gasteiger partial charge in [0.1, 0.15) is 5.82 Å². The molecular weight excluding hydrogens is 410 g/mol. The first kappa shape index (κ1) is 19.1. The average molecular weight is 434 g/mol. The topological polar surface area (TPSA) is 56.9 Å². The lowest BCUT2D eigenvalue weighted by atomic mass is 10.2. The van der Waals surface area contributed by atoms with Crippen LogP contribution in [0.3, 0.4) is 0 Å². The number of para-hydroxylation sites is 1.